The Morgan fingerprint density at radius 3 is 2.26 bits per heavy atom. The summed E-state index contributed by atoms with van der Waals surface area (Å²) in [6.45, 7) is 15.5. The zero-order chi connectivity index (χ0) is 29.7. The third kappa shape index (κ3) is 5.09. The molecule has 0 saturated carbocycles. The number of benzene rings is 2. The molecule has 7 heteroatoms. The van der Waals surface area contributed by atoms with Crippen LogP contribution >= 0.6 is 23.8 Å². The minimum atomic E-state index is -0.118. The lowest BCUT2D eigenvalue weighted by molar-refractivity contribution is 0.357. The molecular formula is C35H40ClN5S. The highest BCUT2D eigenvalue weighted by molar-refractivity contribution is 7.80. The fourth-order valence-corrected chi connectivity index (χ4v) is 7.94. The highest BCUT2D eigenvalue weighted by Gasteiger charge is 2.42. The van der Waals surface area contributed by atoms with Gasteiger partial charge in [-0.1, -0.05) is 49.7 Å². The summed E-state index contributed by atoms with van der Waals surface area (Å²) in [5, 5.41) is 5.07. The van der Waals surface area contributed by atoms with Gasteiger partial charge in [0.25, 0.3) is 0 Å². The normalized spacial score (nSPS) is 22.5. The number of para-hydroxylation sites is 1. The number of thiocarbonyl (C=S) groups is 1. The topological polar surface area (TPSA) is 36.3 Å². The van der Waals surface area contributed by atoms with Gasteiger partial charge in [0.05, 0.1) is 34.2 Å². The van der Waals surface area contributed by atoms with Crippen molar-refractivity contribution >= 4 is 40.3 Å². The summed E-state index contributed by atoms with van der Waals surface area (Å²) in [5.74, 6) is 1.30. The van der Waals surface area contributed by atoms with Crippen LogP contribution in [-0.4, -0.2) is 27.8 Å². The first-order valence-corrected chi connectivity index (χ1v) is 15.7. The summed E-state index contributed by atoms with van der Waals surface area (Å²) in [4.78, 5) is 9.44. The van der Waals surface area contributed by atoms with Crippen LogP contribution in [0.4, 0.5) is 11.4 Å². The Bertz CT molecular complexity index is 1600. The van der Waals surface area contributed by atoms with Crippen LogP contribution in [-0.2, 0) is 0 Å². The average Bonchev–Trinajstić information content (AvgIpc) is 3.43. The Morgan fingerprint density at radius 2 is 1.62 bits per heavy atom. The number of halogens is 1. The summed E-state index contributed by atoms with van der Waals surface area (Å²) in [7, 11) is 0. The van der Waals surface area contributed by atoms with Crippen molar-refractivity contribution in [1.29, 1.82) is 0 Å². The maximum absolute atomic E-state index is 7.06. The Balaban J connectivity index is 1.46. The predicted molar refractivity (Wildman–Crippen MR) is 179 cm³/mol. The van der Waals surface area contributed by atoms with Crippen molar-refractivity contribution in [2.24, 2.45) is 11.8 Å². The predicted octanol–water partition coefficient (Wildman–Crippen LogP) is 8.42. The molecule has 0 unspecified atom stereocenters. The number of pyridine rings is 1. The lowest BCUT2D eigenvalue weighted by Crippen LogP contribution is -2.38. The van der Waals surface area contributed by atoms with E-state index < -0.39 is 0 Å². The Morgan fingerprint density at radius 1 is 0.905 bits per heavy atom. The molecule has 0 aliphatic carbocycles. The molecule has 0 radical (unpaired) electrons. The van der Waals surface area contributed by atoms with E-state index in [1.165, 1.54) is 40.2 Å². The summed E-state index contributed by atoms with van der Waals surface area (Å²) in [6, 6.07) is 21.1. The second-order valence-corrected chi connectivity index (χ2v) is 13.2. The van der Waals surface area contributed by atoms with Crippen molar-refractivity contribution in [3.8, 4) is 5.69 Å². The number of hydrogen-bond donors (Lipinski definition) is 1. The smallest absolute Gasteiger partial charge is 0.174 e. The second-order valence-electron chi connectivity index (χ2n) is 12.4. The Kier molecular flexibility index (Phi) is 7.79. The molecule has 6 rings (SSSR count). The largest absolute Gasteiger partial charge is 0.370 e. The number of rotatable bonds is 5. The van der Waals surface area contributed by atoms with Gasteiger partial charge in [-0.25, -0.2) is 0 Å². The molecule has 2 aromatic carbocycles. The van der Waals surface area contributed by atoms with Gasteiger partial charge in [-0.2, -0.15) is 0 Å². The van der Waals surface area contributed by atoms with Gasteiger partial charge in [-0.3, -0.25) is 4.98 Å². The number of piperidine rings is 1. The van der Waals surface area contributed by atoms with Crippen LogP contribution in [0.5, 0.6) is 0 Å². The minimum Gasteiger partial charge on any atom is -0.370 e. The van der Waals surface area contributed by atoms with E-state index in [4.69, 9.17) is 28.8 Å². The maximum atomic E-state index is 7.06. The molecule has 218 valence electrons. The number of nitrogens with one attached hydrogen (secondary N) is 1. The average molecular weight is 598 g/mol. The third-order valence-corrected chi connectivity index (χ3v) is 9.59. The van der Waals surface area contributed by atoms with Crippen LogP contribution in [0.3, 0.4) is 0 Å². The van der Waals surface area contributed by atoms with E-state index in [1.807, 2.05) is 18.3 Å². The van der Waals surface area contributed by atoms with E-state index >= 15 is 0 Å². The van der Waals surface area contributed by atoms with Gasteiger partial charge in [-0.15, -0.1) is 0 Å². The first kappa shape index (κ1) is 28.8. The van der Waals surface area contributed by atoms with Gasteiger partial charge in [0.1, 0.15) is 0 Å². The number of nitrogens with zero attached hydrogens (tertiary/aromatic N) is 4. The fourth-order valence-electron chi connectivity index (χ4n) is 7.30. The molecule has 2 saturated heterocycles. The Labute approximate surface area is 260 Å². The van der Waals surface area contributed by atoms with Crippen LogP contribution in [0, 0.1) is 39.5 Å². The quantitative estimate of drug-likeness (QED) is 0.234. The summed E-state index contributed by atoms with van der Waals surface area (Å²) >= 11 is 13.1. The number of anilines is 2. The van der Waals surface area contributed by atoms with Crippen molar-refractivity contribution in [3.63, 3.8) is 0 Å². The van der Waals surface area contributed by atoms with Crippen molar-refractivity contribution in [1.82, 2.24) is 14.9 Å². The van der Waals surface area contributed by atoms with Crippen molar-refractivity contribution in [2.75, 3.05) is 22.9 Å². The molecule has 2 fully saturated rings. The van der Waals surface area contributed by atoms with E-state index in [0.29, 0.717) is 16.9 Å². The number of hydrogen-bond acceptors (Lipinski definition) is 3. The summed E-state index contributed by atoms with van der Waals surface area (Å²) < 4.78 is 2.39. The molecule has 0 spiro atoms. The molecule has 0 bridgehead atoms. The molecule has 1 N–H and O–H groups in total. The van der Waals surface area contributed by atoms with Gasteiger partial charge in [0, 0.05) is 36.4 Å². The van der Waals surface area contributed by atoms with Crippen LogP contribution in [0.1, 0.15) is 66.1 Å². The maximum Gasteiger partial charge on any atom is 0.174 e. The zero-order valence-electron chi connectivity index (χ0n) is 25.4. The molecule has 4 aromatic rings. The third-order valence-electron chi connectivity index (χ3n) is 8.97. The van der Waals surface area contributed by atoms with Crippen LogP contribution in [0.25, 0.3) is 5.69 Å². The monoisotopic (exact) mass is 597 g/mol. The fraction of sp³-hybridized carbons (Fsp3) is 0.371. The SMILES string of the molecule is Cc1cccc(C)c1-n1c(C)cc([C@@H]2[C@H](c3ccccn3)NC(=S)N2c2ccc(N3C[C@@H](C)C[C@H](C)C3)c(Cl)c2)c1C. The lowest BCUT2D eigenvalue weighted by Gasteiger charge is -2.37. The number of aryl methyl sites for hydroxylation is 3. The van der Waals surface area contributed by atoms with Gasteiger partial charge < -0.3 is 19.7 Å². The first-order valence-electron chi connectivity index (χ1n) is 14.9. The van der Waals surface area contributed by atoms with Gasteiger partial charge in [0.2, 0.25) is 0 Å². The standard InChI is InChI=1S/C35H40ClN5S/c1-21-16-22(2)20-39(19-21)31-14-13-27(18-29(31)36)41-34(32(38-35(41)42)30-12-7-8-15-37-30)28-17-25(5)40(26(28)6)33-23(3)10-9-11-24(33)4/h7-15,17-18,21-22,32,34H,16,19-20H2,1-6H3,(H,38,42)/t21-,22-,32-,34+/m0/s1. The van der Waals surface area contributed by atoms with E-state index in [2.05, 4.69) is 110 Å². The second kappa shape index (κ2) is 11.4. The van der Waals surface area contributed by atoms with Crippen LogP contribution < -0.4 is 15.1 Å². The van der Waals surface area contributed by atoms with E-state index in [0.717, 1.165) is 35.2 Å². The molecule has 42 heavy (non-hydrogen) atoms. The summed E-state index contributed by atoms with van der Waals surface area (Å²) in [5.41, 5.74) is 10.4. The van der Waals surface area contributed by atoms with Crippen molar-refractivity contribution in [3.05, 3.63) is 106 Å². The zero-order valence-corrected chi connectivity index (χ0v) is 26.9. The van der Waals surface area contributed by atoms with Crippen LogP contribution in [0.2, 0.25) is 5.02 Å². The molecule has 4 atom stereocenters. The van der Waals surface area contributed by atoms with Gasteiger partial charge >= 0.3 is 0 Å². The Hall–Kier alpha value is -3.35. The molecule has 5 nitrogen and oxygen atoms in total. The van der Waals surface area contributed by atoms with Crippen molar-refractivity contribution in [2.45, 2.75) is 60.0 Å². The highest BCUT2D eigenvalue weighted by atomic mass is 35.5. The van der Waals surface area contributed by atoms with E-state index in [-0.39, 0.29) is 12.1 Å². The molecule has 2 aliphatic rings. The molecule has 2 aliphatic heterocycles. The first-order chi connectivity index (χ1) is 20.1. The summed E-state index contributed by atoms with van der Waals surface area (Å²) in [6.07, 6.45) is 3.11. The van der Waals surface area contributed by atoms with Crippen LogP contribution in [0.15, 0.2) is 66.9 Å². The lowest BCUT2D eigenvalue weighted by atomic mass is 9.91. The molecule has 0 amide bonds. The van der Waals surface area contributed by atoms with Gasteiger partial charge in [0.15, 0.2) is 5.11 Å². The molecule has 4 heterocycles. The minimum absolute atomic E-state index is 0.103. The highest BCUT2D eigenvalue weighted by Crippen LogP contribution is 2.45. The van der Waals surface area contributed by atoms with E-state index in [9.17, 15) is 0 Å². The van der Waals surface area contributed by atoms with Gasteiger partial charge in [-0.05, 0) is 111 Å². The van der Waals surface area contributed by atoms with E-state index in [1.54, 1.807) is 0 Å². The number of aromatic nitrogens is 2. The molecule has 2 aromatic heterocycles. The van der Waals surface area contributed by atoms with Crippen molar-refractivity contribution < 1.29 is 0 Å². The molecular weight excluding hydrogens is 558 g/mol.